The number of amides is 1. The number of nitrogens with zero attached hydrogens (tertiary/aromatic N) is 1. The highest BCUT2D eigenvalue weighted by Crippen LogP contribution is 2.18. The molecule has 2 atom stereocenters. The van der Waals surface area contributed by atoms with E-state index in [-0.39, 0.29) is 30.0 Å². The minimum Gasteiger partial charge on any atom is -0.352 e. The van der Waals surface area contributed by atoms with E-state index < -0.39 is 11.6 Å². The van der Waals surface area contributed by atoms with E-state index in [0.717, 1.165) is 19.4 Å². The average molecular weight is 311 g/mol. The first kappa shape index (κ1) is 16.8. The van der Waals surface area contributed by atoms with Gasteiger partial charge in [-0.15, -0.1) is 0 Å². The summed E-state index contributed by atoms with van der Waals surface area (Å²) in [4.78, 5) is 13.9. The van der Waals surface area contributed by atoms with Crippen molar-refractivity contribution in [2.75, 3.05) is 19.6 Å². The van der Waals surface area contributed by atoms with Crippen LogP contribution in [0.15, 0.2) is 18.2 Å². The highest BCUT2D eigenvalue weighted by Gasteiger charge is 2.24. The summed E-state index contributed by atoms with van der Waals surface area (Å²) in [7, 11) is 0. The number of hydrogen-bond donors (Lipinski definition) is 2. The van der Waals surface area contributed by atoms with Gasteiger partial charge in [0.05, 0.1) is 0 Å². The van der Waals surface area contributed by atoms with E-state index in [1.54, 1.807) is 6.92 Å². The summed E-state index contributed by atoms with van der Waals surface area (Å²) in [6.07, 6.45) is 1.76. The third kappa shape index (κ3) is 4.24. The highest BCUT2D eigenvalue weighted by atomic mass is 19.1. The van der Waals surface area contributed by atoms with Crippen LogP contribution in [-0.4, -0.2) is 36.5 Å². The third-order valence-electron chi connectivity index (χ3n) is 4.10. The first-order valence-corrected chi connectivity index (χ1v) is 7.67. The first-order valence-electron chi connectivity index (χ1n) is 7.67. The van der Waals surface area contributed by atoms with Gasteiger partial charge in [-0.05, 0) is 31.5 Å². The Balaban J connectivity index is 1.95. The van der Waals surface area contributed by atoms with Crippen LogP contribution < -0.4 is 11.1 Å². The fourth-order valence-corrected chi connectivity index (χ4v) is 2.67. The molecular formula is C16H23F2N3O. The van der Waals surface area contributed by atoms with Gasteiger partial charge in [-0.2, -0.15) is 0 Å². The number of carbonyl (C=O) groups excluding carboxylic acids is 1. The van der Waals surface area contributed by atoms with E-state index in [9.17, 15) is 13.6 Å². The maximum absolute atomic E-state index is 13.7. The molecule has 0 saturated carbocycles. The van der Waals surface area contributed by atoms with Crippen molar-refractivity contribution in [3.63, 3.8) is 0 Å². The van der Waals surface area contributed by atoms with E-state index in [1.165, 1.54) is 18.2 Å². The van der Waals surface area contributed by atoms with Crippen LogP contribution in [0.3, 0.4) is 0 Å². The predicted molar refractivity (Wildman–Crippen MR) is 81.0 cm³/mol. The molecule has 1 aromatic carbocycles. The number of nitrogens with two attached hydrogens (primary N) is 1. The molecule has 2 unspecified atom stereocenters. The standard InChI is InChI=1S/C16H23F2N3O/c1-11(8-19)16(22)20-12-4-3-7-21(9-12)10-13-14(17)5-2-6-15(13)18/h2,5-6,11-12H,3-4,7-10,19H2,1H3,(H,20,22). The predicted octanol–water partition coefficient (Wildman–Crippen LogP) is 1.64. The van der Waals surface area contributed by atoms with Gasteiger partial charge >= 0.3 is 0 Å². The summed E-state index contributed by atoms with van der Waals surface area (Å²) in [5, 5.41) is 2.97. The minimum atomic E-state index is -0.525. The molecule has 1 aliphatic heterocycles. The van der Waals surface area contributed by atoms with Crippen LogP contribution in [0.5, 0.6) is 0 Å². The zero-order valence-corrected chi connectivity index (χ0v) is 12.8. The molecule has 2 rings (SSSR count). The van der Waals surface area contributed by atoms with Gasteiger partial charge in [0.15, 0.2) is 0 Å². The number of piperidine rings is 1. The maximum atomic E-state index is 13.7. The summed E-state index contributed by atoms with van der Waals surface area (Å²) in [6, 6.07) is 3.90. The van der Waals surface area contributed by atoms with Gasteiger partial charge in [0.1, 0.15) is 11.6 Å². The van der Waals surface area contributed by atoms with E-state index >= 15 is 0 Å². The Morgan fingerprint density at radius 1 is 1.45 bits per heavy atom. The van der Waals surface area contributed by atoms with Gasteiger partial charge in [-0.3, -0.25) is 9.69 Å². The van der Waals surface area contributed by atoms with Gasteiger partial charge in [0.25, 0.3) is 0 Å². The van der Waals surface area contributed by atoms with Gasteiger partial charge in [-0.1, -0.05) is 13.0 Å². The molecule has 1 aliphatic rings. The second kappa shape index (κ2) is 7.65. The van der Waals surface area contributed by atoms with Crippen molar-refractivity contribution in [2.45, 2.75) is 32.4 Å². The Bertz CT molecular complexity index is 504. The van der Waals surface area contributed by atoms with Crippen LogP contribution in [0.4, 0.5) is 8.78 Å². The lowest BCUT2D eigenvalue weighted by molar-refractivity contribution is -0.125. The number of benzene rings is 1. The van der Waals surface area contributed by atoms with Crippen LogP contribution in [0, 0.1) is 17.6 Å². The summed E-state index contributed by atoms with van der Waals surface area (Å²) in [6.45, 7) is 3.67. The van der Waals surface area contributed by atoms with Crippen molar-refractivity contribution in [3.05, 3.63) is 35.4 Å². The SMILES string of the molecule is CC(CN)C(=O)NC1CCCN(Cc2c(F)cccc2F)C1. The molecule has 1 amide bonds. The largest absolute Gasteiger partial charge is 0.352 e. The first-order chi connectivity index (χ1) is 10.5. The Morgan fingerprint density at radius 2 is 2.14 bits per heavy atom. The van der Waals surface area contributed by atoms with Crippen molar-refractivity contribution in [1.82, 2.24) is 10.2 Å². The number of likely N-dealkylation sites (tertiary alicyclic amines) is 1. The van der Waals surface area contributed by atoms with Crippen LogP contribution in [0.1, 0.15) is 25.3 Å². The fraction of sp³-hybridized carbons (Fsp3) is 0.562. The zero-order valence-electron chi connectivity index (χ0n) is 12.8. The van der Waals surface area contributed by atoms with E-state index in [2.05, 4.69) is 5.32 Å². The number of rotatable bonds is 5. The van der Waals surface area contributed by atoms with Crippen molar-refractivity contribution in [1.29, 1.82) is 0 Å². The summed E-state index contributed by atoms with van der Waals surface area (Å²) < 4.78 is 27.4. The Morgan fingerprint density at radius 3 is 2.77 bits per heavy atom. The second-order valence-corrected chi connectivity index (χ2v) is 5.92. The van der Waals surface area contributed by atoms with Crippen molar-refractivity contribution in [3.8, 4) is 0 Å². The topological polar surface area (TPSA) is 58.4 Å². The van der Waals surface area contributed by atoms with E-state index in [4.69, 9.17) is 5.73 Å². The molecule has 4 nitrogen and oxygen atoms in total. The molecule has 0 radical (unpaired) electrons. The third-order valence-corrected chi connectivity index (χ3v) is 4.10. The molecule has 1 saturated heterocycles. The van der Waals surface area contributed by atoms with E-state index in [0.29, 0.717) is 13.1 Å². The lowest BCUT2D eigenvalue weighted by Gasteiger charge is -2.33. The molecule has 1 fully saturated rings. The Labute approximate surface area is 129 Å². The molecule has 6 heteroatoms. The van der Waals surface area contributed by atoms with Crippen molar-refractivity contribution in [2.24, 2.45) is 11.7 Å². The molecule has 3 N–H and O–H groups in total. The molecule has 0 aromatic heterocycles. The van der Waals surface area contributed by atoms with Crippen molar-refractivity contribution >= 4 is 5.91 Å². The number of hydrogen-bond acceptors (Lipinski definition) is 3. The minimum absolute atomic E-state index is 0.00471. The monoisotopic (exact) mass is 311 g/mol. The average Bonchev–Trinajstić information content (AvgIpc) is 2.50. The molecule has 0 spiro atoms. The fourth-order valence-electron chi connectivity index (χ4n) is 2.67. The Kier molecular flexibility index (Phi) is 5.85. The van der Waals surface area contributed by atoms with Crippen LogP contribution in [-0.2, 0) is 11.3 Å². The summed E-state index contributed by atoms with van der Waals surface area (Å²) in [5.41, 5.74) is 5.57. The molecule has 0 bridgehead atoms. The zero-order chi connectivity index (χ0) is 16.1. The van der Waals surface area contributed by atoms with Crippen molar-refractivity contribution < 1.29 is 13.6 Å². The molecular weight excluding hydrogens is 288 g/mol. The van der Waals surface area contributed by atoms with Gasteiger partial charge in [0.2, 0.25) is 5.91 Å². The quantitative estimate of drug-likeness (QED) is 0.869. The lowest BCUT2D eigenvalue weighted by atomic mass is 10.0. The number of nitrogens with one attached hydrogen (secondary N) is 1. The molecule has 1 heterocycles. The maximum Gasteiger partial charge on any atom is 0.224 e. The number of halogens is 2. The highest BCUT2D eigenvalue weighted by molar-refractivity contribution is 5.78. The van der Waals surface area contributed by atoms with Crippen LogP contribution >= 0.6 is 0 Å². The van der Waals surface area contributed by atoms with Gasteiger partial charge in [0, 0.05) is 37.2 Å². The smallest absolute Gasteiger partial charge is 0.224 e. The lowest BCUT2D eigenvalue weighted by Crippen LogP contribution is -2.49. The van der Waals surface area contributed by atoms with Crippen LogP contribution in [0.2, 0.25) is 0 Å². The normalized spacial score (nSPS) is 20.6. The Hall–Kier alpha value is -1.53. The molecule has 0 aliphatic carbocycles. The summed E-state index contributed by atoms with van der Waals surface area (Å²) in [5.74, 6) is -1.34. The number of carbonyl (C=O) groups is 1. The second-order valence-electron chi connectivity index (χ2n) is 5.92. The molecule has 122 valence electrons. The van der Waals surface area contributed by atoms with E-state index in [1.807, 2.05) is 4.90 Å². The van der Waals surface area contributed by atoms with Gasteiger partial charge < -0.3 is 11.1 Å². The van der Waals surface area contributed by atoms with Crippen LogP contribution in [0.25, 0.3) is 0 Å². The summed E-state index contributed by atoms with van der Waals surface area (Å²) >= 11 is 0. The molecule has 1 aromatic rings. The molecule has 22 heavy (non-hydrogen) atoms. The van der Waals surface area contributed by atoms with Gasteiger partial charge in [-0.25, -0.2) is 8.78 Å².